The molecule has 2 aromatic rings. The molecule has 0 aliphatic heterocycles. The SMILES string of the molecule is CCn1ncnc1COc1c(Br)cccc1CO. The largest absolute Gasteiger partial charge is 0.484 e. The number of aliphatic hydroxyl groups is 1. The van der Waals surface area contributed by atoms with Crippen molar-refractivity contribution in [1.82, 2.24) is 14.8 Å². The molecule has 0 amide bonds. The molecular weight excluding hydrogens is 298 g/mol. The molecule has 0 fully saturated rings. The fraction of sp³-hybridized carbons (Fsp3) is 0.333. The summed E-state index contributed by atoms with van der Waals surface area (Å²) in [4.78, 5) is 4.14. The number of aryl methyl sites for hydroxylation is 1. The first kappa shape index (κ1) is 13.0. The van der Waals surface area contributed by atoms with E-state index in [1.807, 2.05) is 25.1 Å². The van der Waals surface area contributed by atoms with E-state index in [9.17, 15) is 5.11 Å². The molecule has 18 heavy (non-hydrogen) atoms. The Balaban J connectivity index is 2.15. The molecule has 1 aromatic heterocycles. The van der Waals surface area contributed by atoms with Gasteiger partial charge in [0.25, 0.3) is 0 Å². The van der Waals surface area contributed by atoms with Gasteiger partial charge in [-0.1, -0.05) is 12.1 Å². The van der Waals surface area contributed by atoms with Crippen LogP contribution in [0.3, 0.4) is 0 Å². The van der Waals surface area contributed by atoms with Gasteiger partial charge in [0.1, 0.15) is 18.7 Å². The third-order valence-electron chi connectivity index (χ3n) is 2.56. The summed E-state index contributed by atoms with van der Waals surface area (Å²) in [6, 6.07) is 5.56. The minimum Gasteiger partial charge on any atom is -0.484 e. The van der Waals surface area contributed by atoms with Crippen LogP contribution >= 0.6 is 15.9 Å². The molecule has 5 nitrogen and oxygen atoms in total. The highest BCUT2D eigenvalue weighted by Crippen LogP contribution is 2.29. The lowest BCUT2D eigenvalue weighted by molar-refractivity contribution is 0.251. The van der Waals surface area contributed by atoms with Crippen LogP contribution in [0.2, 0.25) is 0 Å². The van der Waals surface area contributed by atoms with Gasteiger partial charge in [-0.25, -0.2) is 9.67 Å². The number of aliphatic hydroxyl groups excluding tert-OH is 1. The summed E-state index contributed by atoms with van der Waals surface area (Å²) >= 11 is 3.41. The van der Waals surface area contributed by atoms with Crippen LogP contribution in [0.1, 0.15) is 18.3 Å². The van der Waals surface area contributed by atoms with Crippen LogP contribution in [-0.2, 0) is 19.8 Å². The summed E-state index contributed by atoms with van der Waals surface area (Å²) < 4.78 is 8.31. The highest BCUT2D eigenvalue weighted by Gasteiger charge is 2.09. The van der Waals surface area contributed by atoms with Crippen molar-refractivity contribution < 1.29 is 9.84 Å². The molecule has 0 radical (unpaired) electrons. The molecule has 0 bridgehead atoms. The van der Waals surface area contributed by atoms with Crippen LogP contribution in [-0.4, -0.2) is 19.9 Å². The predicted octanol–water partition coefficient (Wildman–Crippen LogP) is 2.13. The van der Waals surface area contributed by atoms with Crippen molar-refractivity contribution in [3.63, 3.8) is 0 Å². The molecule has 0 aliphatic rings. The number of aromatic nitrogens is 3. The Morgan fingerprint density at radius 3 is 3.00 bits per heavy atom. The number of halogens is 1. The van der Waals surface area contributed by atoms with Crippen LogP contribution in [0.25, 0.3) is 0 Å². The molecular formula is C12H14BrN3O2. The van der Waals surface area contributed by atoms with Crippen LogP contribution in [0.5, 0.6) is 5.75 Å². The van der Waals surface area contributed by atoms with Crippen molar-refractivity contribution in [2.45, 2.75) is 26.7 Å². The highest BCUT2D eigenvalue weighted by atomic mass is 79.9. The molecule has 1 N–H and O–H groups in total. The molecule has 0 unspecified atom stereocenters. The maximum absolute atomic E-state index is 9.27. The van der Waals surface area contributed by atoms with E-state index >= 15 is 0 Å². The molecule has 0 saturated heterocycles. The second-order valence-electron chi connectivity index (χ2n) is 3.67. The number of ether oxygens (including phenoxy) is 1. The maximum atomic E-state index is 9.27. The normalized spacial score (nSPS) is 10.6. The first-order chi connectivity index (χ1) is 8.76. The Morgan fingerprint density at radius 2 is 2.28 bits per heavy atom. The minimum absolute atomic E-state index is 0.0603. The van der Waals surface area contributed by atoms with Crippen LogP contribution in [0.15, 0.2) is 29.0 Å². The molecule has 0 aliphatic carbocycles. The maximum Gasteiger partial charge on any atom is 0.164 e. The van der Waals surface area contributed by atoms with Gasteiger partial charge in [0.2, 0.25) is 0 Å². The second-order valence-corrected chi connectivity index (χ2v) is 4.52. The van der Waals surface area contributed by atoms with Gasteiger partial charge in [0.15, 0.2) is 5.82 Å². The lowest BCUT2D eigenvalue weighted by Crippen LogP contribution is -2.08. The summed E-state index contributed by atoms with van der Waals surface area (Å²) in [5.74, 6) is 1.41. The van der Waals surface area contributed by atoms with Gasteiger partial charge >= 0.3 is 0 Å². The Bertz CT molecular complexity index is 528. The molecule has 6 heteroatoms. The number of rotatable bonds is 5. The molecule has 1 aromatic carbocycles. The number of nitrogens with zero attached hydrogens (tertiary/aromatic N) is 3. The van der Waals surface area contributed by atoms with E-state index in [0.717, 1.165) is 22.4 Å². The van der Waals surface area contributed by atoms with Gasteiger partial charge in [-0.05, 0) is 28.9 Å². The Kier molecular flexibility index (Phi) is 4.33. The van der Waals surface area contributed by atoms with Gasteiger partial charge in [-0.3, -0.25) is 0 Å². The summed E-state index contributed by atoms with van der Waals surface area (Å²) in [6.45, 7) is 3.01. The van der Waals surface area contributed by atoms with Crippen LogP contribution < -0.4 is 4.74 Å². The lowest BCUT2D eigenvalue weighted by Gasteiger charge is -2.11. The van der Waals surface area contributed by atoms with Gasteiger partial charge in [0.05, 0.1) is 11.1 Å². The first-order valence-corrected chi connectivity index (χ1v) is 6.43. The van der Waals surface area contributed by atoms with Crippen molar-refractivity contribution in [3.8, 4) is 5.75 Å². The summed E-state index contributed by atoms with van der Waals surface area (Å²) in [6.07, 6.45) is 1.51. The van der Waals surface area contributed by atoms with Crippen LogP contribution in [0.4, 0.5) is 0 Å². The molecule has 0 atom stereocenters. The van der Waals surface area contributed by atoms with E-state index in [-0.39, 0.29) is 6.61 Å². The zero-order chi connectivity index (χ0) is 13.0. The molecule has 0 spiro atoms. The van der Waals surface area contributed by atoms with Crippen LogP contribution in [0, 0.1) is 0 Å². The van der Waals surface area contributed by atoms with Gasteiger partial charge in [0, 0.05) is 12.1 Å². The Hall–Kier alpha value is -1.40. The predicted molar refractivity (Wildman–Crippen MR) is 70.1 cm³/mol. The van der Waals surface area contributed by atoms with Crippen molar-refractivity contribution >= 4 is 15.9 Å². The monoisotopic (exact) mass is 311 g/mol. The quantitative estimate of drug-likeness (QED) is 0.919. The Morgan fingerprint density at radius 1 is 1.44 bits per heavy atom. The summed E-state index contributed by atoms with van der Waals surface area (Å²) in [5, 5.41) is 13.3. The van der Waals surface area contributed by atoms with Gasteiger partial charge in [-0.15, -0.1) is 0 Å². The van der Waals surface area contributed by atoms with E-state index in [1.165, 1.54) is 6.33 Å². The molecule has 96 valence electrons. The van der Waals surface area contributed by atoms with E-state index in [0.29, 0.717) is 12.4 Å². The van der Waals surface area contributed by atoms with E-state index in [4.69, 9.17) is 4.74 Å². The van der Waals surface area contributed by atoms with Crippen molar-refractivity contribution in [2.24, 2.45) is 0 Å². The third-order valence-corrected chi connectivity index (χ3v) is 3.18. The summed E-state index contributed by atoms with van der Waals surface area (Å²) in [7, 11) is 0. The van der Waals surface area contributed by atoms with Crippen molar-refractivity contribution in [3.05, 3.63) is 40.4 Å². The van der Waals surface area contributed by atoms with Gasteiger partial charge in [-0.2, -0.15) is 5.10 Å². The van der Waals surface area contributed by atoms with E-state index < -0.39 is 0 Å². The number of para-hydroxylation sites is 1. The van der Waals surface area contributed by atoms with Crippen molar-refractivity contribution in [2.75, 3.05) is 0 Å². The molecule has 1 heterocycles. The second kappa shape index (κ2) is 5.97. The smallest absolute Gasteiger partial charge is 0.164 e. The van der Waals surface area contributed by atoms with E-state index in [1.54, 1.807) is 4.68 Å². The number of hydrogen-bond donors (Lipinski definition) is 1. The van der Waals surface area contributed by atoms with Crippen molar-refractivity contribution in [1.29, 1.82) is 0 Å². The Labute approximate surface area is 114 Å². The fourth-order valence-corrected chi connectivity index (χ4v) is 2.16. The minimum atomic E-state index is -0.0603. The third kappa shape index (κ3) is 2.70. The van der Waals surface area contributed by atoms with Gasteiger partial charge < -0.3 is 9.84 Å². The average molecular weight is 312 g/mol. The standard InChI is InChI=1S/C12H14BrN3O2/c1-2-16-11(14-8-15-16)7-18-12-9(6-17)4-3-5-10(12)13/h3-5,8,17H,2,6-7H2,1H3. The molecule has 0 saturated carbocycles. The number of benzene rings is 1. The molecule has 2 rings (SSSR count). The summed E-state index contributed by atoms with van der Waals surface area (Å²) in [5.41, 5.74) is 0.743. The van der Waals surface area contributed by atoms with E-state index in [2.05, 4.69) is 26.0 Å². The number of hydrogen-bond acceptors (Lipinski definition) is 4. The fourth-order valence-electron chi connectivity index (χ4n) is 1.64. The zero-order valence-corrected chi connectivity index (χ0v) is 11.6. The highest BCUT2D eigenvalue weighted by molar-refractivity contribution is 9.10. The lowest BCUT2D eigenvalue weighted by atomic mass is 10.2. The zero-order valence-electron chi connectivity index (χ0n) is 10.0. The first-order valence-electron chi connectivity index (χ1n) is 5.64. The topological polar surface area (TPSA) is 60.2 Å². The average Bonchev–Trinajstić information content (AvgIpc) is 2.84.